The number of hydrogen-bond donors (Lipinski definition) is 1. The molecule has 0 bridgehead atoms. The summed E-state index contributed by atoms with van der Waals surface area (Å²) in [7, 11) is 1.59. The highest BCUT2D eigenvalue weighted by molar-refractivity contribution is 5.91. The van der Waals surface area contributed by atoms with Crippen molar-refractivity contribution in [2.24, 2.45) is 0 Å². The Morgan fingerprint density at radius 1 is 0.800 bits per heavy atom. The van der Waals surface area contributed by atoms with E-state index in [0.29, 0.717) is 18.7 Å². The normalized spacial score (nSPS) is 10.2. The lowest BCUT2D eigenvalue weighted by Crippen LogP contribution is -2.28. The first kappa shape index (κ1) is 20.9. The molecule has 0 spiro atoms. The predicted octanol–water partition coefficient (Wildman–Crippen LogP) is 3.75. The lowest BCUT2D eigenvalue weighted by atomic mass is 10.1. The third kappa shape index (κ3) is 6.38. The molecule has 6 heteroatoms. The van der Waals surface area contributed by atoms with Crippen molar-refractivity contribution in [2.45, 2.75) is 13.2 Å². The standard InChI is InChI=1S/C24H23NO5/c1-28-21-13-9-18(10-14-21)15-25-23(26)17-30-24(27)20-11-7-19(8-12-20)16-29-22-5-3-2-4-6-22/h2-14H,15-17H2,1H3,(H,25,26). The zero-order valence-corrected chi connectivity index (χ0v) is 16.7. The molecule has 0 unspecified atom stereocenters. The molecule has 0 fully saturated rings. The van der Waals surface area contributed by atoms with Crippen LogP contribution in [0.25, 0.3) is 0 Å². The highest BCUT2D eigenvalue weighted by Crippen LogP contribution is 2.13. The van der Waals surface area contributed by atoms with Gasteiger partial charge in [0.05, 0.1) is 12.7 Å². The van der Waals surface area contributed by atoms with Crippen molar-refractivity contribution in [3.05, 3.63) is 95.6 Å². The van der Waals surface area contributed by atoms with E-state index >= 15 is 0 Å². The fourth-order valence-corrected chi connectivity index (χ4v) is 2.63. The average molecular weight is 405 g/mol. The van der Waals surface area contributed by atoms with E-state index in [4.69, 9.17) is 14.2 Å². The molecule has 0 aliphatic heterocycles. The van der Waals surface area contributed by atoms with Crippen LogP contribution in [-0.4, -0.2) is 25.6 Å². The van der Waals surface area contributed by atoms with Gasteiger partial charge in [0.15, 0.2) is 6.61 Å². The summed E-state index contributed by atoms with van der Waals surface area (Å²) in [6.07, 6.45) is 0. The van der Waals surface area contributed by atoms with E-state index in [9.17, 15) is 9.59 Å². The molecule has 1 amide bonds. The monoisotopic (exact) mass is 405 g/mol. The molecule has 154 valence electrons. The molecule has 0 radical (unpaired) electrons. The summed E-state index contributed by atoms with van der Waals surface area (Å²) < 4.78 is 15.8. The quantitative estimate of drug-likeness (QED) is 0.549. The van der Waals surface area contributed by atoms with Crippen LogP contribution in [0.1, 0.15) is 21.5 Å². The van der Waals surface area contributed by atoms with Crippen LogP contribution in [0.4, 0.5) is 0 Å². The number of methoxy groups -OCH3 is 1. The van der Waals surface area contributed by atoms with Crippen LogP contribution in [0.15, 0.2) is 78.9 Å². The second-order valence-corrected chi connectivity index (χ2v) is 6.50. The number of para-hydroxylation sites is 1. The van der Waals surface area contributed by atoms with Crippen molar-refractivity contribution >= 4 is 11.9 Å². The Morgan fingerprint density at radius 3 is 2.13 bits per heavy atom. The van der Waals surface area contributed by atoms with Crippen LogP contribution in [0, 0.1) is 0 Å². The number of rotatable bonds is 9. The van der Waals surface area contributed by atoms with Gasteiger partial charge >= 0.3 is 5.97 Å². The second-order valence-electron chi connectivity index (χ2n) is 6.50. The maximum Gasteiger partial charge on any atom is 0.338 e. The predicted molar refractivity (Wildman–Crippen MR) is 112 cm³/mol. The second kappa shape index (κ2) is 10.7. The smallest absolute Gasteiger partial charge is 0.338 e. The fourth-order valence-electron chi connectivity index (χ4n) is 2.63. The first-order chi connectivity index (χ1) is 14.6. The SMILES string of the molecule is COc1ccc(CNC(=O)COC(=O)c2ccc(COc3ccccc3)cc2)cc1. The topological polar surface area (TPSA) is 73.9 Å². The molecule has 3 rings (SSSR count). The zero-order valence-electron chi connectivity index (χ0n) is 16.7. The Labute approximate surface area is 175 Å². The van der Waals surface area contributed by atoms with Crippen molar-refractivity contribution in [3.8, 4) is 11.5 Å². The number of benzene rings is 3. The Hall–Kier alpha value is -3.80. The van der Waals surface area contributed by atoms with Gasteiger partial charge in [-0.1, -0.05) is 42.5 Å². The molecule has 30 heavy (non-hydrogen) atoms. The van der Waals surface area contributed by atoms with Crippen LogP contribution in [0.3, 0.4) is 0 Å². The Morgan fingerprint density at radius 2 is 1.47 bits per heavy atom. The van der Waals surface area contributed by atoms with Crippen LogP contribution in [0.2, 0.25) is 0 Å². The largest absolute Gasteiger partial charge is 0.497 e. The summed E-state index contributed by atoms with van der Waals surface area (Å²) in [5.74, 6) is 0.607. The summed E-state index contributed by atoms with van der Waals surface area (Å²) >= 11 is 0. The van der Waals surface area contributed by atoms with Gasteiger partial charge in [-0.15, -0.1) is 0 Å². The van der Waals surface area contributed by atoms with Gasteiger partial charge in [0.2, 0.25) is 0 Å². The third-order valence-corrected chi connectivity index (χ3v) is 4.32. The minimum absolute atomic E-state index is 0.339. The number of nitrogens with one attached hydrogen (secondary N) is 1. The maximum absolute atomic E-state index is 12.1. The van der Waals surface area contributed by atoms with Gasteiger partial charge < -0.3 is 19.5 Å². The van der Waals surface area contributed by atoms with Crippen LogP contribution >= 0.6 is 0 Å². The minimum Gasteiger partial charge on any atom is -0.497 e. The molecular formula is C24H23NO5. The zero-order chi connectivity index (χ0) is 21.2. The molecule has 0 aromatic heterocycles. The van der Waals surface area contributed by atoms with Crippen LogP contribution < -0.4 is 14.8 Å². The first-order valence-electron chi connectivity index (χ1n) is 9.47. The highest BCUT2D eigenvalue weighted by Gasteiger charge is 2.10. The summed E-state index contributed by atoms with van der Waals surface area (Å²) in [6, 6.07) is 23.7. The van der Waals surface area contributed by atoms with Gasteiger partial charge in [0, 0.05) is 6.54 Å². The van der Waals surface area contributed by atoms with Crippen molar-refractivity contribution in [2.75, 3.05) is 13.7 Å². The van der Waals surface area contributed by atoms with Gasteiger partial charge in [0.25, 0.3) is 5.91 Å². The summed E-state index contributed by atoms with van der Waals surface area (Å²) in [6.45, 7) is 0.400. The molecule has 1 N–H and O–H groups in total. The molecule has 0 atom stereocenters. The van der Waals surface area contributed by atoms with E-state index < -0.39 is 5.97 Å². The maximum atomic E-state index is 12.1. The summed E-state index contributed by atoms with van der Waals surface area (Å²) in [4.78, 5) is 24.1. The molecule has 6 nitrogen and oxygen atoms in total. The van der Waals surface area contributed by atoms with Crippen molar-refractivity contribution in [1.29, 1.82) is 0 Å². The highest BCUT2D eigenvalue weighted by atomic mass is 16.5. The van der Waals surface area contributed by atoms with Crippen LogP contribution in [0.5, 0.6) is 11.5 Å². The lowest BCUT2D eigenvalue weighted by molar-refractivity contribution is -0.124. The van der Waals surface area contributed by atoms with Gasteiger partial charge in [-0.25, -0.2) is 4.79 Å². The van der Waals surface area contributed by atoms with Gasteiger partial charge in [-0.05, 0) is 47.5 Å². The molecule has 3 aromatic rings. The molecule has 3 aromatic carbocycles. The van der Waals surface area contributed by atoms with E-state index in [1.807, 2.05) is 54.6 Å². The van der Waals surface area contributed by atoms with E-state index in [1.54, 1.807) is 31.4 Å². The van der Waals surface area contributed by atoms with Gasteiger partial charge in [-0.2, -0.15) is 0 Å². The Bertz CT molecular complexity index is 953. The number of hydrogen-bond acceptors (Lipinski definition) is 5. The van der Waals surface area contributed by atoms with Crippen molar-refractivity contribution in [3.63, 3.8) is 0 Å². The van der Waals surface area contributed by atoms with Crippen LogP contribution in [-0.2, 0) is 22.7 Å². The van der Waals surface area contributed by atoms with E-state index in [-0.39, 0.29) is 12.5 Å². The average Bonchev–Trinajstić information content (AvgIpc) is 2.81. The first-order valence-corrected chi connectivity index (χ1v) is 9.47. The molecule has 0 heterocycles. The number of carbonyl (C=O) groups is 2. The summed E-state index contributed by atoms with van der Waals surface area (Å²) in [5.41, 5.74) is 2.22. The lowest BCUT2D eigenvalue weighted by Gasteiger charge is -2.08. The Kier molecular flexibility index (Phi) is 7.44. The number of esters is 1. The molecular weight excluding hydrogens is 382 g/mol. The molecule has 0 saturated heterocycles. The van der Waals surface area contributed by atoms with E-state index in [0.717, 1.165) is 22.6 Å². The third-order valence-electron chi connectivity index (χ3n) is 4.32. The van der Waals surface area contributed by atoms with Crippen molar-refractivity contribution < 1.29 is 23.8 Å². The van der Waals surface area contributed by atoms with E-state index in [1.165, 1.54) is 0 Å². The number of carbonyl (C=O) groups excluding carboxylic acids is 2. The Balaban J connectivity index is 1.40. The van der Waals surface area contributed by atoms with E-state index in [2.05, 4.69) is 5.32 Å². The van der Waals surface area contributed by atoms with Crippen molar-refractivity contribution in [1.82, 2.24) is 5.32 Å². The molecule has 0 aliphatic carbocycles. The van der Waals surface area contributed by atoms with Gasteiger partial charge in [0.1, 0.15) is 18.1 Å². The molecule has 0 aliphatic rings. The number of amides is 1. The molecule has 0 saturated carbocycles. The minimum atomic E-state index is -0.551. The fraction of sp³-hybridized carbons (Fsp3) is 0.167. The summed E-state index contributed by atoms with van der Waals surface area (Å²) in [5, 5.41) is 2.71. The number of ether oxygens (including phenoxy) is 3. The van der Waals surface area contributed by atoms with Gasteiger partial charge in [-0.3, -0.25) is 4.79 Å².